The van der Waals surface area contributed by atoms with Crippen LogP contribution < -0.4 is 15.4 Å². The molecule has 13 heteroatoms. The maximum absolute atomic E-state index is 13.0. The van der Waals surface area contributed by atoms with E-state index in [1.807, 2.05) is 30.3 Å². The third-order valence-electron chi connectivity index (χ3n) is 5.35. The maximum Gasteiger partial charge on any atom is 0.416 e. The van der Waals surface area contributed by atoms with Crippen LogP contribution in [0.15, 0.2) is 78.0 Å². The van der Waals surface area contributed by atoms with Gasteiger partial charge in [-0.1, -0.05) is 47.6 Å². The average Bonchev–Trinajstić information content (AvgIpc) is 3.34. The molecule has 4 rings (SSSR count). The van der Waals surface area contributed by atoms with Gasteiger partial charge >= 0.3 is 6.18 Å². The van der Waals surface area contributed by atoms with E-state index in [1.165, 1.54) is 7.11 Å². The summed E-state index contributed by atoms with van der Waals surface area (Å²) in [4.78, 5) is 25.3. The quantitative estimate of drug-likeness (QED) is 0.252. The number of hydrogen-bond acceptors (Lipinski definition) is 6. The molecule has 2 N–H and O–H groups in total. The van der Waals surface area contributed by atoms with Crippen molar-refractivity contribution in [3.8, 4) is 11.4 Å². The van der Waals surface area contributed by atoms with E-state index in [2.05, 4.69) is 20.8 Å². The second-order valence-corrected chi connectivity index (χ2v) is 9.36. The summed E-state index contributed by atoms with van der Waals surface area (Å²) in [6, 6.07) is 18.4. The number of benzene rings is 3. The van der Waals surface area contributed by atoms with E-state index in [9.17, 15) is 22.8 Å². The molecule has 0 saturated heterocycles. The Morgan fingerprint density at radius 2 is 1.79 bits per heavy atom. The van der Waals surface area contributed by atoms with Gasteiger partial charge in [-0.25, -0.2) is 0 Å². The van der Waals surface area contributed by atoms with Crippen molar-refractivity contribution in [2.75, 3.05) is 18.2 Å². The van der Waals surface area contributed by atoms with Crippen molar-refractivity contribution >= 4 is 40.9 Å². The van der Waals surface area contributed by atoms with Gasteiger partial charge in [0.05, 0.1) is 35.7 Å². The third kappa shape index (κ3) is 7.09. The van der Waals surface area contributed by atoms with Gasteiger partial charge in [-0.3, -0.25) is 14.2 Å². The van der Waals surface area contributed by atoms with E-state index >= 15 is 0 Å². The molecule has 3 aromatic carbocycles. The predicted octanol–water partition coefficient (Wildman–Crippen LogP) is 5.61. The number of aromatic nitrogens is 3. The number of thioether (sulfide) groups is 1. The molecule has 0 aliphatic carbocycles. The Morgan fingerprint density at radius 1 is 1.03 bits per heavy atom. The summed E-state index contributed by atoms with van der Waals surface area (Å²) in [5.74, 6) is -0.173. The minimum atomic E-state index is -4.58. The molecule has 1 heterocycles. The van der Waals surface area contributed by atoms with Gasteiger partial charge < -0.3 is 15.4 Å². The molecule has 0 aliphatic heterocycles. The topological polar surface area (TPSA) is 98.1 Å². The highest BCUT2D eigenvalue weighted by atomic mass is 35.5. The molecule has 0 unspecified atom stereocenters. The van der Waals surface area contributed by atoms with Crippen LogP contribution in [0.3, 0.4) is 0 Å². The molecular formula is C26H21ClF3N5O3S. The molecule has 0 bridgehead atoms. The number of carbonyl (C=O) groups is 2. The Balaban J connectivity index is 1.48. The summed E-state index contributed by atoms with van der Waals surface area (Å²) in [5.41, 5.74) is 0.0125. The van der Waals surface area contributed by atoms with Crippen LogP contribution in [-0.2, 0) is 17.5 Å². The number of ether oxygens (including phenoxy) is 1. The number of para-hydroxylation sites is 1. The normalized spacial score (nSPS) is 11.2. The largest absolute Gasteiger partial charge is 0.497 e. The Labute approximate surface area is 230 Å². The van der Waals surface area contributed by atoms with E-state index in [0.717, 1.165) is 30.0 Å². The summed E-state index contributed by atoms with van der Waals surface area (Å²) >= 11 is 7.00. The molecule has 0 saturated carbocycles. The first-order valence-electron chi connectivity index (χ1n) is 11.4. The monoisotopic (exact) mass is 575 g/mol. The first-order valence-corrected chi connectivity index (χ1v) is 12.7. The van der Waals surface area contributed by atoms with Crippen LogP contribution in [0.1, 0.15) is 21.7 Å². The van der Waals surface area contributed by atoms with Gasteiger partial charge in [0.25, 0.3) is 5.91 Å². The molecule has 0 spiro atoms. The Morgan fingerprint density at radius 3 is 2.51 bits per heavy atom. The summed E-state index contributed by atoms with van der Waals surface area (Å²) in [5, 5.41) is 13.9. The zero-order valence-corrected chi connectivity index (χ0v) is 21.9. The molecule has 8 nitrogen and oxygen atoms in total. The maximum atomic E-state index is 13.0. The number of nitrogens with zero attached hydrogens (tertiary/aromatic N) is 3. The van der Waals surface area contributed by atoms with Crippen molar-refractivity contribution in [3.63, 3.8) is 0 Å². The van der Waals surface area contributed by atoms with E-state index in [-0.39, 0.29) is 28.9 Å². The van der Waals surface area contributed by atoms with Crippen LogP contribution in [-0.4, -0.2) is 39.4 Å². The SMILES string of the molecule is COc1cccc(C(=O)NCc2nnc(SCC(=O)Nc3cc(C(F)(F)F)ccc3Cl)n2-c2ccccc2)c1. The lowest BCUT2D eigenvalue weighted by Crippen LogP contribution is -2.24. The van der Waals surface area contributed by atoms with Crippen molar-refractivity contribution in [2.24, 2.45) is 0 Å². The standard InChI is InChI=1S/C26H21ClF3N5O3S/c1-38-19-9-5-6-16(12-19)24(37)31-14-22-33-34-25(35(22)18-7-3-2-4-8-18)39-15-23(36)32-21-13-17(26(28,29)30)10-11-20(21)27/h2-13H,14-15H2,1H3,(H,31,37)(H,32,36). The highest BCUT2D eigenvalue weighted by molar-refractivity contribution is 7.99. The van der Waals surface area contributed by atoms with E-state index in [0.29, 0.717) is 28.0 Å². The lowest BCUT2D eigenvalue weighted by Gasteiger charge is -2.12. The van der Waals surface area contributed by atoms with Gasteiger partial charge in [-0.05, 0) is 48.5 Å². The van der Waals surface area contributed by atoms with Crippen LogP contribution in [0.25, 0.3) is 5.69 Å². The van der Waals surface area contributed by atoms with Crippen molar-refractivity contribution in [2.45, 2.75) is 17.9 Å². The summed E-state index contributed by atoms with van der Waals surface area (Å²) in [6.45, 7) is 0.0323. The Kier molecular flexibility index (Phi) is 8.77. The van der Waals surface area contributed by atoms with Gasteiger partial charge in [-0.2, -0.15) is 13.2 Å². The number of anilines is 1. The zero-order valence-electron chi connectivity index (χ0n) is 20.3. The first kappa shape index (κ1) is 28.0. The van der Waals surface area contributed by atoms with E-state index < -0.39 is 17.6 Å². The van der Waals surface area contributed by atoms with Crippen LogP contribution in [0.5, 0.6) is 5.75 Å². The molecule has 1 aromatic heterocycles. The van der Waals surface area contributed by atoms with Crippen LogP contribution in [0.2, 0.25) is 5.02 Å². The lowest BCUT2D eigenvalue weighted by molar-refractivity contribution is -0.137. The molecule has 0 radical (unpaired) electrons. The van der Waals surface area contributed by atoms with Gasteiger partial charge in [-0.15, -0.1) is 10.2 Å². The zero-order chi connectivity index (χ0) is 28.0. The average molecular weight is 576 g/mol. The van der Waals surface area contributed by atoms with E-state index in [1.54, 1.807) is 28.8 Å². The van der Waals surface area contributed by atoms with Gasteiger partial charge in [0.15, 0.2) is 11.0 Å². The molecule has 0 fully saturated rings. The number of halogens is 4. The van der Waals surface area contributed by atoms with Crippen molar-refractivity contribution < 1.29 is 27.5 Å². The summed E-state index contributed by atoms with van der Waals surface area (Å²) in [6.07, 6.45) is -4.58. The van der Waals surface area contributed by atoms with Crippen molar-refractivity contribution in [1.29, 1.82) is 0 Å². The molecule has 39 heavy (non-hydrogen) atoms. The molecule has 202 valence electrons. The van der Waals surface area contributed by atoms with Crippen LogP contribution in [0, 0.1) is 0 Å². The first-order chi connectivity index (χ1) is 18.7. The number of hydrogen-bond donors (Lipinski definition) is 2. The minimum Gasteiger partial charge on any atom is -0.497 e. The fraction of sp³-hybridized carbons (Fsp3) is 0.154. The molecule has 0 aliphatic rings. The Hall–Kier alpha value is -4.03. The number of alkyl halides is 3. The minimum absolute atomic E-state index is 0.0251. The van der Waals surface area contributed by atoms with E-state index in [4.69, 9.17) is 16.3 Å². The molecular weight excluding hydrogens is 555 g/mol. The Bertz CT molecular complexity index is 1480. The second kappa shape index (κ2) is 12.2. The van der Waals surface area contributed by atoms with Gasteiger partial charge in [0, 0.05) is 11.3 Å². The van der Waals surface area contributed by atoms with Gasteiger partial charge in [0.1, 0.15) is 5.75 Å². The fourth-order valence-electron chi connectivity index (χ4n) is 3.48. The number of amides is 2. The molecule has 2 amide bonds. The number of nitrogens with one attached hydrogen (secondary N) is 2. The molecule has 0 atom stereocenters. The highest BCUT2D eigenvalue weighted by Gasteiger charge is 2.31. The lowest BCUT2D eigenvalue weighted by atomic mass is 10.2. The molecule has 4 aromatic rings. The summed E-state index contributed by atoms with van der Waals surface area (Å²) in [7, 11) is 1.51. The predicted molar refractivity (Wildman–Crippen MR) is 141 cm³/mol. The van der Waals surface area contributed by atoms with Gasteiger partial charge in [0.2, 0.25) is 5.91 Å². The number of methoxy groups -OCH3 is 1. The number of carbonyl (C=O) groups excluding carboxylic acids is 2. The fourth-order valence-corrected chi connectivity index (χ4v) is 4.42. The second-order valence-electron chi connectivity index (χ2n) is 8.01. The smallest absolute Gasteiger partial charge is 0.416 e. The van der Waals surface area contributed by atoms with Crippen LogP contribution in [0.4, 0.5) is 18.9 Å². The number of rotatable bonds is 9. The third-order valence-corrected chi connectivity index (χ3v) is 6.61. The van der Waals surface area contributed by atoms with Crippen molar-refractivity contribution in [1.82, 2.24) is 20.1 Å². The van der Waals surface area contributed by atoms with Crippen LogP contribution >= 0.6 is 23.4 Å². The van der Waals surface area contributed by atoms with Crippen molar-refractivity contribution in [3.05, 3.63) is 94.8 Å². The highest BCUT2D eigenvalue weighted by Crippen LogP contribution is 2.34. The summed E-state index contributed by atoms with van der Waals surface area (Å²) < 4.78 is 46.0.